The molecule has 0 aromatic carbocycles. The van der Waals surface area contributed by atoms with Crippen molar-refractivity contribution >= 4 is 11.8 Å². The Morgan fingerprint density at radius 1 is 1.26 bits per heavy atom. The van der Waals surface area contributed by atoms with E-state index < -0.39 is 23.6 Å². The molecule has 188 valence electrons. The fraction of sp³-hybridized carbons (Fsp3) is 0.840. The van der Waals surface area contributed by atoms with Crippen molar-refractivity contribution in [2.45, 2.75) is 102 Å². The van der Waals surface area contributed by atoms with Crippen LogP contribution in [0.1, 0.15) is 89.8 Å². The van der Waals surface area contributed by atoms with Crippen molar-refractivity contribution in [3.63, 3.8) is 0 Å². The van der Waals surface area contributed by atoms with E-state index in [0.717, 1.165) is 57.2 Å². The Kier molecular flexibility index (Phi) is 6.21. The van der Waals surface area contributed by atoms with Gasteiger partial charge in [0.15, 0.2) is 0 Å². The lowest BCUT2D eigenvalue weighted by molar-refractivity contribution is -0.144. The van der Waals surface area contributed by atoms with Crippen LogP contribution < -0.4 is 5.32 Å². The van der Waals surface area contributed by atoms with E-state index in [1.54, 1.807) is 9.58 Å². The summed E-state index contributed by atoms with van der Waals surface area (Å²) in [7, 11) is 0. The molecule has 34 heavy (non-hydrogen) atoms. The number of hydrogen-bond acceptors (Lipinski definition) is 6. The van der Waals surface area contributed by atoms with Crippen LogP contribution in [0.2, 0.25) is 0 Å². The Hall–Kier alpha value is -2.00. The minimum absolute atomic E-state index is 0.0199. The van der Waals surface area contributed by atoms with E-state index in [-0.39, 0.29) is 36.3 Å². The third kappa shape index (κ3) is 4.49. The van der Waals surface area contributed by atoms with Crippen LogP contribution in [0.3, 0.4) is 0 Å². The summed E-state index contributed by atoms with van der Waals surface area (Å²) >= 11 is 0. The predicted octanol–water partition coefficient (Wildman–Crippen LogP) is 2.17. The summed E-state index contributed by atoms with van der Waals surface area (Å²) in [6.45, 7) is 7.52. The van der Waals surface area contributed by atoms with Crippen molar-refractivity contribution in [1.82, 2.24) is 25.2 Å². The summed E-state index contributed by atoms with van der Waals surface area (Å²) in [6, 6.07) is -1.28. The lowest BCUT2D eigenvalue weighted by atomic mass is 9.64. The second kappa shape index (κ2) is 8.90. The molecule has 1 aromatic heterocycles. The first-order valence-electron chi connectivity index (χ1n) is 13.0. The first-order valence-corrected chi connectivity index (χ1v) is 13.0. The third-order valence-electron chi connectivity index (χ3n) is 8.28. The number of carbonyl (C=O) groups is 2. The number of rotatable bonds is 7. The van der Waals surface area contributed by atoms with Gasteiger partial charge in [0.05, 0.1) is 17.9 Å². The van der Waals surface area contributed by atoms with Gasteiger partial charge in [-0.05, 0) is 43.9 Å². The van der Waals surface area contributed by atoms with E-state index in [2.05, 4.69) is 15.6 Å². The first kappa shape index (κ1) is 23.7. The number of aliphatic hydroxyl groups excluding tert-OH is 1. The largest absolute Gasteiger partial charge is 0.391 e. The standard InChI is InChI=1S/C25H39N5O4/c1-24(2,3)21(30-14-18(27-28-30)16-7-8-16)23(33)29-13-17(31)12-19(29)22(32)26-15-25(9-5-10-25)20-6-4-11-34-20/h14,16-17,19-21,31H,4-13,15H2,1-3H3,(H,26,32)/t17-,19+,20?,21-/m1/s1. The molecule has 2 aliphatic carbocycles. The van der Waals surface area contributed by atoms with E-state index in [1.165, 1.54) is 0 Å². The number of likely N-dealkylation sites (tertiary alicyclic amines) is 1. The fourth-order valence-electron chi connectivity index (χ4n) is 6.01. The zero-order chi connectivity index (χ0) is 24.1. The van der Waals surface area contributed by atoms with Crippen molar-refractivity contribution in [2.75, 3.05) is 19.7 Å². The van der Waals surface area contributed by atoms with Crippen LogP contribution >= 0.6 is 0 Å². The van der Waals surface area contributed by atoms with Crippen molar-refractivity contribution in [2.24, 2.45) is 10.8 Å². The maximum atomic E-state index is 13.9. The second-order valence-electron chi connectivity index (χ2n) is 12.0. The molecule has 2 saturated carbocycles. The molecule has 0 radical (unpaired) electrons. The Labute approximate surface area is 201 Å². The number of carbonyl (C=O) groups excluding carboxylic acids is 2. The average molecular weight is 474 g/mol. The van der Waals surface area contributed by atoms with Gasteiger partial charge in [-0.1, -0.05) is 32.4 Å². The molecule has 2 N–H and O–H groups in total. The molecule has 9 nitrogen and oxygen atoms in total. The topological polar surface area (TPSA) is 110 Å². The Balaban J connectivity index is 1.30. The lowest BCUT2D eigenvalue weighted by Gasteiger charge is -2.46. The van der Waals surface area contributed by atoms with Gasteiger partial charge >= 0.3 is 0 Å². The van der Waals surface area contributed by atoms with Gasteiger partial charge < -0.3 is 20.1 Å². The van der Waals surface area contributed by atoms with Crippen LogP contribution in [-0.2, 0) is 14.3 Å². The van der Waals surface area contributed by atoms with Gasteiger partial charge in [0.1, 0.15) is 12.1 Å². The van der Waals surface area contributed by atoms with Crippen LogP contribution in [0.4, 0.5) is 0 Å². The van der Waals surface area contributed by atoms with Gasteiger partial charge in [-0.3, -0.25) is 9.59 Å². The summed E-state index contributed by atoms with van der Waals surface area (Å²) in [5.74, 6) is 0.0762. The summed E-state index contributed by atoms with van der Waals surface area (Å²) in [6.07, 6.45) is 9.29. The predicted molar refractivity (Wildman–Crippen MR) is 125 cm³/mol. The van der Waals surface area contributed by atoms with Crippen molar-refractivity contribution in [3.05, 3.63) is 11.9 Å². The molecule has 2 saturated heterocycles. The zero-order valence-corrected chi connectivity index (χ0v) is 20.7. The van der Waals surface area contributed by atoms with Gasteiger partial charge in [-0.15, -0.1) is 5.10 Å². The van der Waals surface area contributed by atoms with Crippen molar-refractivity contribution in [3.8, 4) is 0 Å². The van der Waals surface area contributed by atoms with Crippen molar-refractivity contribution in [1.29, 1.82) is 0 Å². The second-order valence-corrected chi connectivity index (χ2v) is 12.0. The van der Waals surface area contributed by atoms with Crippen LogP contribution in [-0.4, -0.2) is 74.8 Å². The van der Waals surface area contributed by atoms with Gasteiger partial charge in [-0.25, -0.2) is 4.68 Å². The molecule has 3 heterocycles. The minimum Gasteiger partial charge on any atom is -0.391 e. The van der Waals surface area contributed by atoms with E-state index in [9.17, 15) is 14.7 Å². The van der Waals surface area contributed by atoms with E-state index in [4.69, 9.17) is 4.74 Å². The highest BCUT2D eigenvalue weighted by Crippen LogP contribution is 2.47. The maximum Gasteiger partial charge on any atom is 0.248 e. The lowest BCUT2D eigenvalue weighted by Crippen LogP contribution is -2.54. The van der Waals surface area contributed by atoms with E-state index in [0.29, 0.717) is 12.5 Å². The molecular weight excluding hydrogens is 434 g/mol. The summed E-state index contributed by atoms with van der Waals surface area (Å²) in [5, 5.41) is 22.2. The smallest absolute Gasteiger partial charge is 0.248 e. The summed E-state index contributed by atoms with van der Waals surface area (Å²) < 4.78 is 7.63. The number of β-amino-alcohol motifs (C(OH)–C–C–N with tert-alkyl or cyclic N) is 1. The minimum atomic E-state index is -0.714. The number of aliphatic hydroxyl groups is 1. The number of nitrogens with zero attached hydrogens (tertiary/aromatic N) is 4. The molecule has 1 unspecified atom stereocenters. The molecule has 4 fully saturated rings. The van der Waals surface area contributed by atoms with Crippen LogP contribution in [0, 0.1) is 10.8 Å². The number of hydrogen-bond donors (Lipinski definition) is 2. The SMILES string of the molecule is CC(C)(C)[C@@H](C(=O)N1C[C@H](O)C[C@H]1C(=O)NCC1(C2CCCO2)CCC1)n1cc(C2CC2)nn1. The van der Waals surface area contributed by atoms with E-state index in [1.807, 2.05) is 27.0 Å². The third-order valence-corrected chi connectivity index (χ3v) is 8.28. The molecule has 0 bridgehead atoms. The average Bonchev–Trinajstić information content (AvgIpc) is 3.13. The Morgan fingerprint density at radius 2 is 2.03 bits per heavy atom. The quantitative estimate of drug-likeness (QED) is 0.628. The van der Waals surface area contributed by atoms with Gasteiger partial charge in [0.2, 0.25) is 11.8 Å². The van der Waals surface area contributed by atoms with Crippen LogP contribution in [0.25, 0.3) is 0 Å². The molecule has 4 aliphatic rings. The Bertz CT molecular complexity index is 911. The highest BCUT2D eigenvalue weighted by atomic mass is 16.5. The van der Waals surface area contributed by atoms with E-state index >= 15 is 0 Å². The van der Waals surface area contributed by atoms with Gasteiger partial charge in [0, 0.05) is 43.6 Å². The zero-order valence-electron chi connectivity index (χ0n) is 20.7. The molecule has 4 atom stereocenters. The normalized spacial score (nSPS) is 29.6. The van der Waals surface area contributed by atoms with Crippen LogP contribution in [0.5, 0.6) is 0 Å². The molecule has 2 amide bonds. The highest BCUT2D eigenvalue weighted by molar-refractivity contribution is 5.90. The fourth-order valence-corrected chi connectivity index (χ4v) is 6.01. The molecule has 0 spiro atoms. The molecule has 1 aromatic rings. The number of nitrogens with one attached hydrogen (secondary N) is 1. The number of ether oxygens (including phenoxy) is 1. The molecule has 9 heteroatoms. The number of aromatic nitrogens is 3. The van der Waals surface area contributed by atoms with Crippen molar-refractivity contribution < 1.29 is 19.4 Å². The molecule has 2 aliphatic heterocycles. The van der Waals surface area contributed by atoms with Gasteiger partial charge in [-0.2, -0.15) is 0 Å². The molecule has 5 rings (SSSR count). The Morgan fingerprint density at radius 3 is 2.62 bits per heavy atom. The summed E-state index contributed by atoms with van der Waals surface area (Å²) in [4.78, 5) is 28.7. The molecular formula is C25H39N5O4. The van der Waals surface area contributed by atoms with Crippen LogP contribution in [0.15, 0.2) is 6.20 Å². The maximum absolute atomic E-state index is 13.9. The monoisotopic (exact) mass is 473 g/mol. The van der Waals surface area contributed by atoms with Gasteiger partial charge in [0.25, 0.3) is 0 Å². The first-order chi connectivity index (χ1) is 16.2. The highest BCUT2D eigenvalue weighted by Gasteiger charge is 2.48. The number of amides is 2. The summed E-state index contributed by atoms with van der Waals surface area (Å²) in [5.41, 5.74) is 0.514.